The first-order valence-electron chi connectivity index (χ1n) is 9.96. The Labute approximate surface area is 179 Å². The Morgan fingerprint density at radius 2 is 2.21 bits per heavy atom. The first-order valence-corrected chi connectivity index (χ1v) is 11.8. The minimum absolute atomic E-state index is 0.0250. The third-order valence-electron chi connectivity index (χ3n) is 4.15. The van der Waals surface area contributed by atoms with Gasteiger partial charge in [0.2, 0.25) is 5.91 Å². The van der Waals surface area contributed by atoms with Gasteiger partial charge in [0, 0.05) is 23.7 Å². The van der Waals surface area contributed by atoms with Crippen LogP contribution in [0.1, 0.15) is 32.1 Å². The zero-order chi connectivity index (χ0) is 20.6. The van der Waals surface area contributed by atoms with Crippen LogP contribution in [0.2, 0.25) is 0 Å². The largest absolute Gasteiger partial charge is 0.369 e. The number of fused-ring (bicyclic) bond motifs is 1. The molecule has 0 aliphatic rings. The average molecular weight is 433 g/mol. The van der Waals surface area contributed by atoms with Crippen LogP contribution in [-0.4, -0.2) is 44.5 Å². The van der Waals surface area contributed by atoms with Gasteiger partial charge in [-0.3, -0.25) is 4.79 Å². The van der Waals surface area contributed by atoms with Crippen molar-refractivity contribution in [3.05, 3.63) is 28.6 Å². The summed E-state index contributed by atoms with van der Waals surface area (Å²) in [7, 11) is 0. The number of amides is 1. The van der Waals surface area contributed by atoms with E-state index in [0.717, 1.165) is 45.6 Å². The van der Waals surface area contributed by atoms with Gasteiger partial charge in [-0.05, 0) is 23.8 Å². The highest BCUT2D eigenvalue weighted by molar-refractivity contribution is 7.99. The van der Waals surface area contributed by atoms with E-state index in [-0.39, 0.29) is 5.91 Å². The Balaban J connectivity index is 1.70. The summed E-state index contributed by atoms with van der Waals surface area (Å²) >= 11 is 3.25. The topological polar surface area (TPSA) is 84.7 Å². The monoisotopic (exact) mass is 432 g/mol. The number of hydrogen-bond donors (Lipinski definition) is 2. The number of thioether (sulfide) groups is 1. The Kier molecular flexibility index (Phi) is 7.88. The van der Waals surface area contributed by atoms with E-state index >= 15 is 0 Å². The first kappa shape index (κ1) is 21.6. The van der Waals surface area contributed by atoms with Crippen LogP contribution in [-0.2, 0) is 17.8 Å². The van der Waals surface area contributed by atoms with Gasteiger partial charge in [0.1, 0.15) is 5.82 Å². The van der Waals surface area contributed by atoms with E-state index in [1.807, 2.05) is 22.2 Å². The molecule has 9 heteroatoms. The molecular formula is C20H28N6OS2. The van der Waals surface area contributed by atoms with Crippen molar-refractivity contribution in [2.45, 2.75) is 45.3 Å². The summed E-state index contributed by atoms with van der Waals surface area (Å²) in [5.74, 6) is 2.34. The molecule has 29 heavy (non-hydrogen) atoms. The summed E-state index contributed by atoms with van der Waals surface area (Å²) in [6.45, 7) is 8.40. The quantitative estimate of drug-likeness (QED) is 0.354. The fraction of sp³-hybridized carbons (Fsp3) is 0.500. The van der Waals surface area contributed by atoms with Crippen molar-refractivity contribution in [2.75, 3.05) is 24.2 Å². The fourth-order valence-corrected chi connectivity index (χ4v) is 4.12. The Bertz CT molecular complexity index is 923. The second-order valence-electron chi connectivity index (χ2n) is 7.19. The lowest BCUT2D eigenvalue weighted by Gasteiger charge is -2.11. The predicted octanol–water partition coefficient (Wildman–Crippen LogP) is 3.82. The molecule has 0 bridgehead atoms. The van der Waals surface area contributed by atoms with Gasteiger partial charge in [-0.2, -0.15) is 5.10 Å². The second-order valence-corrected chi connectivity index (χ2v) is 9.28. The van der Waals surface area contributed by atoms with Gasteiger partial charge in [-0.25, -0.2) is 14.6 Å². The number of carbonyl (C=O) groups is 1. The maximum absolute atomic E-state index is 12.1. The number of nitrogens with one attached hydrogen (secondary N) is 2. The molecule has 0 spiro atoms. The smallest absolute Gasteiger partial charge is 0.225 e. The first-order chi connectivity index (χ1) is 14.1. The molecule has 0 atom stereocenters. The zero-order valence-electron chi connectivity index (χ0n) is 17.1. The van der Waals surface area contributed by atoms with Gasteiger partial charge in [-0.1, -0.05) is 38.6 Å². The van der Waals surface area contributed by atoms with Gasteiger partial charge >= 0.3 is 0 Å². The summed E-state index contributed by atoms with van der Waals surface area (Å²) in [5.41, 5.74) is 0.803. The van der Waals surface area contributed by atoms with Crippen molar-refractivity contribution in [2.24, 2.45) is 5.92 Å². The summed E-state index contributed by atoms with van der Waals surface area (Å²) in [6.07, 6.45) is 3.29. The number of nitrogens with zero attached hydrogens (tertiary/aromatic N) is 4. The van der Waals surface area contributed by atoms with Crippen LogP contribution >= 0.6 is 23.1 Å². The highest BCUT2D eigenvalue weighted by Gasteiger charge is 2.14. The molecule has 3 rings (SSSR count). The molecule has 1 amide bonds. The number of anilines is 1. The van der Waals surface area contributed by atoms with Crippen LogP contribution in [0.4, 0.5) is 5.82 Å². The Morgan fingerprint density at radius 1 is 1.34 bits per heavy atom. The summed E-state index contributed by atoms with van der Waals surface area (Å²) in [4.78, 5) is 22.6. The maximum Gasteiger partial charge on any atom is 0.225 e. The molecular weight excluding hydrogens is 404 g/mol. The van der Waals surface area contributed by atoms with Crippen molar-refractivity contribution >= 4 is 45.9 Å². The Hall–Kier alpha value is -2.13. The highest BCUT2D eigenvalue weighted by atomic mass is 32.2. The van der Waals surface area contributed by atoms with Gasteiger partial charge in [0.15, 0.2) is 10.8 Å². The van der Waals surface area contributed by atoms with E-state index in [1.165, 1.54) is 0 Å². The molecule has 0 unspecified atom stereocenters. The predicted molar refractivity (Wildman–Crippen MR) is 121 cm³/mol. The molecule has 3 aromatic rings. The third-order valence-corrected chi connectivity index (χ3v) is 6.08. The summed E-state index contributed by atoms with van der Waals surface area (Å²) in [6, 6.07) is 3.94. The minimum atomic E-state index is 0.0250. The van der Waals surface area contributed by atoms with Gasteiger partial charge in [0.05, 0.1) is 24.5 Å². The fourth-order valence-electron chi connectivity index (χ4n) is 2.73. The van der Waals surface area contributed by atoms with Crippen molar-refractivity contribution in [1.82, 2.24) is 25.1 Å². The van der Waals surface area contributed by atoms with E-state index in [9.17, 15) is 4.79 Å². The van der Waals surface area contributed by atoms with Crippen molar-refractivity contribution in [3.8, 4) is 0 Å². The van der Waals surface area contributed by atoms with Gasteiger partial charge in [0.25, 0.3) is 0 Å². The summed E-state index contributed by atoms with van der Waals surface area (Å²) in [5, 5.41) is 14.5. The molecule has 3 aromatic heterocycles. The van der Waals surface area contributed by atoms with Gasteiger partial charge in [-0.15, -0.1) is 11.3 Å². The second kappa shape index (κ2) is 10.6. The van der Waals surface area contributed by atoms with E-state index in [0.29, 0.717) is 25.4 Å². The van der Waals surface area contributed by atoms with Gasteiger partial charge < -0.3 is 10.6 Å². The van der Waals surface area contributed by atoms with E-state index in [4.69, 9.17) is 9.97 Å². The van der Waals surface area contributed by atoms with E-state index in [2.05, 4.69) is 36.5 Å². The van der Waals surface area contributed by atoms with Crippen LogP contribution in [0.5, 0.6) is 0 Å². The highest BCUT2D eigenvalue weighted by Crippen LogP contribution is 2.25. The van der Waals surface area contributed by atoms with E-state index in [1.54, 1.807) is 29.3 Å². The lowest BCUT2D eigenvalue weighted by Crippen LogP contribution is -2.28. The number of rotatable bonds is 11. The number of thiophene rings is 1. The third kappa shape index (κ3) is 6.17. The molecule has 0 saturated carbocycles. The molecule has 0 aliphatic carbocycles. The minimum Gasteiger partial charge on any atom is -0.369 e. The Morgan fingerprint density at radius 3 is 2.93 bits per heavy atom. The molecule has 0 saturated heterocycles. The lowest BCUT2D eigenvalue weighted by molar-refractivity contribution is -0.120. The number of aromatic nitrogens is 4. The molecule has 0 aliphatic heterocycles. The standard InChI is InChI=1S/C20H28N6OS2/c1-4-9-29-20-24-18(22-12-14(2)3)16-13-23-26(19(16)25-20)8-7-21-17(27)11-15-6-5-10-28-15/h5-6,10,13-14H,4,7-9,11-12H2,1-3H3,(H,21,27)(H,22,24,25). The van der Waals surface area contributed by atoms with E-state index < -0.39 is 0 Å². The molecule has 7 nitrogen and oxygen atoms in total. The normalized spacial score (nSPS) is 11.3. The average Bonchev–Trinajstić information content (AvgIpc) is 3.34. The van der Waals surface area contributed by atoms with Crippen LogP contribution in [0.3, 0.4) is 0 Å². The summed E-state index contributed by atoms with van der Waals surface area (Å²) < 4.78 is 1.85. The molecule has 156 valence electrons. The molecule has 3 heterocycles. The lowest BCUT2D eigenvalue weighted by atomic mass is 10.2. The molecule has 0 fully saturated rings. The SMILES string of the molecule is CCCSc1nc(NCC(C)C)c2cnn(CCNC(=O)Cc3cccs3)c2n1. The van der Waals surface area contributed by atoms with Crippen LogP contribution in [0, 0.1) is 5.92 Å². The zero-order valence-corrected chi connectivity index (χ0v) is 18.8. The van der Waals surface area contributed by atoms with Crippen molar-refractivity contribution < 1.29 is 4.79 Å². The van der Waals surface area contributed by atoms with Crippen molar-refractivity contribution in [1.29, 1.82) is 0 Å². The molecule has 2 N–H and O–H groups in total. The molecule has 0 aromatic carbocycles. The number of carbonyl (C=O) groups excluding carboxylic acids is 1. The van der Waals surface area contributed by atoms with Crippen molar-refractivity contribution in [3.63, 3.8) is 0 Å². The van der Waals surface area contributed by atoms with Crippen LogP contribution in [0.15, 0.2) is 28.9 Å². The van der Waals surface area contributed by atoms with Crippen LogP contribution < -0.4 is 10.6 Å². The van der Waals surface area contributed by atoms with Crippen LogP contribution in [0.25, 0.3) is 11.0 Å². The number of hydrogen-bond acceptors (Lipinski definition) is 7. The molecule has 0 radical (unpaired) electrons. The maximum atomic E-state index is 12.1.